The SMILES string of the molecule is N[C@@H](Cc1ccccc1)C(=O)O.O=C(O)C(F)(F)F.O=C(O)C(F)(F)F. The number of alkyl halides is 6. The lowest BCUT2D eigenvalue weighted by molar-refractivity contribution is -0.193. The summed E-state index contributed by atoms with van der Waals surface area (Å²) < 4.78 is 63.5. The Morgan fingerprint density at radius 3 is 1.38 bits per heavy atom. The van der Waals surface area contributed by atoms with Gasteiger partial charge in [0.25, 0.3) is 0 Å². The first-order chi connectivity index (χ1) is 11.6. The van der Waals surface area contributed by atoms with Gasteiger partial charge in [0.2, 0.25) is 0 Å². The van der Waals surface area contributed by atoms with Gasteiger partial charge >= 0.3 is 30.3 Å². The number of aliphatic carboxylic acids is 3. The average molecular weight is 393 g/mol. The molecule has 1 atom stereocenters. The molecule has 5 N–H and O–H groups in total. The van der Waals surface area contributed by atoms with Crippen molar-refractivity contribution in [1.29, 1.82) is 0 Å². The van der Waals surface area contributed by atoms with Gasteiger partial charge in [0.1, 0.15) is 6.04 Å². The van der Waals surface area contributed by atoms with Crippen LogP contribution in [0.15, 0.2) is 30.3 Å². The summed E-state index contributed by atoms with van der Waals surface area (Å²) in [6, 6.07) is 8.54. The highest BCUT2D eigenvalue weighted by Gasteiger charge is 2.38. The zero-order valence-electron chi connectivity index (χ0n) is 12.6. The van der Waals surface area contributed by atoms with Gasteiger partial charge in [-0.15, -0.1) is 0 Å². The molecule has 0 heterocycles. The maximum atomic E-state index is 10.6. The molecule has 148 valence electrons. The van der Waals surface area contributed by atoms with Gasteiger partial charge in [0.05, 0.1) is 0 Å². The van der Waals surface area contributed by atoms with Gasteiger partial charge in [0, 0.05) is 0 Å². The summed E-state index contributed by atoms with van der Waals surface area (Å²) in [4.78, 5) is 28.2. The Labute approximate surface area is 141 Å². The van der Waals surface area contributed by atoms with Crippen molar-refractivity contribution in [3.05, 3.63) is 35.9 Å². The molecule has 1 aromatic rings. The Morgan fingerprint density at radius 1 is 0.846 bits per heavy atom. The van der Waals surface area contributed by atoms with Crippen LogP contribution in [-0.2, 0) is 20.8 Å². The number of hydrogen-bond acceptors (Lipinski definition) is 4. The van der Waals surface area contributed by atoms with Gasteiger partial charge in [-0.1, -0.05) is 30.3 Å². The van der Waals surface area contributed by atoms with Gasteiger partial charge in [-0.3, -0.25) is 4.79 Å². The van der Waals surface area contributed by atoms with E-state index < -0.39 is 36.3 Å². The molecule has 0 bridgehead atoms. The zero-order chi connectivity index (χ0) is 21.1. The molecule has 26 heavy (non-hydrogen) atoms. The fourth-order valence-electron chi connectivity index (χ4n) is 0.955. The van der Waals surface area contributed by atoms with E-state index in [0.717, 1.165) is 5.56 Å². The van der Waals surface area contributed by atoms with Crippen LogP contribution in [0.25, 0.3) is 0 Å². The number of carboxylic acid groups (broad SMARTS) is 3. The van der Waals surface area contributed by atoms with E-state index >= 15 is 0 Å². The summed E-state index contributed by atoms with van der Waals surface area (Å²) in [5.41, 5.74) is 6.30. The summed E-state index contributed by atoms with van der Waals surface area (Å²) in [7, 11) is 0. The Morgan fingerprint density at radius 2 is 1.15 bits per heavy atom. The van der Waals surface area contributed by atoms with E-state index in [0.29, 0.717) is 6.42 Å². The van der Waals surface area contributed by atoms with Crippen molar-refractivity contribution in [2.75, 3.05) is 0 Å². The average Bonchev–Trinajstić information content (AvgIpc) is 2.47. The molecule has 0 radical (unpaired) electrons. The second kappa shape index (κ2) is 10.9. The minimum absolute atomic E-state index is 0.385. The number of nitrogens with two attached hydrogens (primary N) is 1. The molecule has 0 unspecified atom stereocenters. The van der Waals surface area contributed by atoms with Crippen molar-refractivity contribution in [2.24, 2.45) is 5.73 Å². The number of halogens is 6. The first-order valence-corrected chi connectivity index (χ1v) is 6.21. The molecule has 0 fully saturated rings. The molecule has 0 aromatic heterocycles. The van der Waals surface area contributed by atoms with Gasteiger partial charge < -0.3 is 21.1 Å². The van der Waals surface area contributed by atoms with E-state index in [1.54, 1.807) is 0 Å². The van der Waals surface area contributed by atoms with Crippen LogP contribution in [0.5, 0.6) is 0 Å². The zero-order valence-corrected chi connectivity index (χ0v) is 12.6. The third-order valence-electron chi connectivity index (χ3n) is 2.10. The highest BCUT2D eigenvalue weighted by atomic mass is 19.4. The highest BCUT2D eigenvalue weighted by molar-refractivity contribution is 5.73. The quantitative estimate of drug-likeness (QED) is 0.576. The fraction of sp³-hybridized carbons (Fsp3) is 0.308. The standard InChI is InChI=1S/C9H11NO2.2C2HF3O2/c10-8(9(11)12)6-7-4-2-1-3-5-7;2*3-2(4,5)1(6)7/h1-5,8H,6,10H2,(H,11,12);2*(H,6,7)/t8-;;/m0../s1. The molecule has 0 aliphatic heterocycles. The fourth-order valence-corrected chi connectivity index (χ4v) is 0.955. The minimum Gasteiger partial charge on any atom is -0.480 e. The van der Waals surface area contributed by atoms with Gasteiger partial charge in [-0.05, 0) is 12.0 Å². The minimum atomic E-state index is -5.08. The summed E-state index contributed by atoms with van der Waals surface area (Å²) in [5.74, 6) is -6.47. The molecule has 0 aliphatic carbocycles. The molecule has 7 nitrogen and oxygen atoms in total. The largest absolute Gasteiger partial charge is 0.490 e. The smallest absolute Gasteiger partial charge is 0.480 e. The van der Waals surface area contributed by atoms with Crippen LogP contribution in [0.1, 0.15) is 5.56 Å². The van der Waals surface area contributed by atoms with Crippen molar-refractivity contribution in [3.8, 4) is 0 Å². The topological polar surface area (TPSA) is 138 Å². The maximum Gasteiger partial charge on any atom is 0.490 e. The van der Waals surface area contributed by atoms with Gasteiger partial charge in [-0.25, -0.2) is 9.59 Å². The number of hydrogen-bond donors (Lipinski definition) is 4. The van der Waals surface area contributed by atoms with E-state index in [4.69, 9.17) is 30.6 Å². The predicted molar refractivity (Wildman–Crippen MR) is 73.1 cm³/mol. The number of carbonyl (C=O) groups is 3. The summed E-state index contributed by atoms with van der Waals surface area (Å²) in [5, 5.41) is 22.8. The van der Waals surface area contributed by atoms with Crippen LogP contribution in [0.4, 0.5) is 26.3 Å². The Balaban J connectivity index is 0. The van der Waals surface area contributed by atoms with E-state index in [2.05, 4.69) is 0 Å². The molecular weight excluding hydrogens is 380 g/mol. The van der Waals surface area contributed by atoms with Crippen molar-refractivity contribution in [1.82, 2.24) is 0 Å². The molecule has 0 saturated heterocycles. The molecule has 13 heteroatoms. The first-order valence-electron chi connectivity index (χ1n) is 6.21. The lowest BCUT2D eigenvalue weighted by Crippen LogP contribution is -2.32. The molecule has 0 spiro atoms. The Hall–Kier alpha value is -2.83. The van der Waals surface area contributed by atoms with Gasteiger partial charge in [0.15, 0.2) is 0 Å². The highest BCUT2D eigenvalue weighted by Crippen LogP contribution is 2.13. The van der Waals surface area contributed by atoms with Crippen LogP contribution in [0, 0.1) is 0 Å². The van der Waals surface area contributed by atoms with Crippen LogP contribution in [0.2, 0.25) is 0 Å². The summed E-state index contributed by atoms with van der Waals surface area (Å²) in [6.07, 6.45) is -9.78. The van der Waals surface area contributed by atoms with E-state index in [1.807, 2.05) is 30.3 Å². The van der Waals surface area contributed by atoms with Crippen LogP contribution in [-0.4, -0.2) is 51.6 Å². The number of benzene rings is 1. The normalized spacial score (nSPS) is 11.8. The van der Waals surface area contributed by atoms with Crippen LogP contribution < -0.4 is 5.73 Å². The van der Waals surface area contributed by atoms with E-state index in [9.17, 15) is 31.1 Å². The maximum absolute atomic E-state index is 10.6. The lowest BCUT2D eigenvalue weighted by Gasteiger charge is -2.04. The molecular formula is C13H13F6NO6. The predicted octanol–water partition coefficient (Wildman–Crippen LogP) is 1.91. The van der Waals surface area contributed by atoms with Crippen molar-refractivity contribution in [2.45, 2.75) is 24.8 Å². The van der Waals surface area contributed by atoms with E-state index in [-0.39, 0.29) is 0 Å². The lowest BCUT2D eigenvalue weighted by atomic mass is 10.1. The monoisotopic (exact) mass is 393 g/mol. The van der Waals surface area contributed by atoms with Gasteiger partial charge in [-0.2, -0.15) is 26.3 Å². The summed E-state index contributed by atoms with van der Waals surface area (Å²) >= 11 is 0. The van der Waals surface area contributed by atoms with Crippen molar-refractivity contribution in [3.63, 3.8) is 0 Å². The summed E-state index contributed by atoms with van der Waals surface area (Å²) in [6.45, 7) is 0. The second-order valence-electron chi connectivity index (χ2n) is 4.24. The first kappa shape index (κ1) is 25.4. The third kappa shape index (κ3) is 13.6. The number of rotatable bonds is 3. The van der Waals surface area contributed by atoms with Crippen molar-refractivity contribution >= 4 is 17.9 Å². The molecule has 0 saturated carbocycles. The van der Waals surface area contributed by atoms with E-state index in [1.165, 1.54) is 0 Å². The Kier molecular flexibility index (Phi) is 10.7. The molecule has 0 amide bonds. The Bertz CT molecular complexity index is 563. The molecule has 1 aromatic carbocycles. The molecule has 1 rings (SSSR count). The number of carboxylic acids is 3. The van der Waals surface area contributed by atoms with Crippen LogP contribution in [0.3, 0.4) is 0 Å². The molecule has 0 aliphatic rings. The third-order valence-corrected chi connectivity index (χ3v) is 2.10. The van der Waals surface area contributed by atoms with Crippen molar-refractivity contribution < 1.29 is 56.0 Å². The van der Waals surface area contributed by atoms with Crippen LogP contribution >= 0.6 is 0 Å². The second-order valence-corrected chi connectivity index (χ2v) is 4.24.